The van der Waals surface area contributed by atoms with Crippen molar-refractivity contribution in [3.05, 3.63) is 0 Å². The van der Waals surface area contributed by atoms with E-state index in [1.54, 1.807) is 7.11 Å². The summed E-state index contributed by atoms with van der Waals surface area (Å²) in [5.74, 6) is 2.59. The first kappa shape index (κ1) is 33.7. The Morgan fingerprint density at radius 1 is 1.02 bits per heavy atom. The topological polar surface area (TPSA) is 86.7 Å². The molecule has 2 spiro atoms. The number of aliphatic hydroxyl groups is 1. The van der Waals surface area contributed by atoms with Crippen molar-refractivity contribution in [2.75, 3.05) is 46.6 Å². The Balaban J connectivity index is 1.05. The largest absolute Gasteiger partial charge is 0.461 e. The number of hydrogen-bond acceptors (Lipinski definition) is 8. The van der Waals surface area contributed by atoms with E-state index in [1.807, 2.05) is 20.8 Å². The Kier molecular flexibility index (Phi) is 8.75. The smallest absolute Gasteiger partial charge is 0.326 e. The van der Waals surface area contributed by atoms with Gasteiger partial charge >= 0.3 is 5.97 Å². The van der Waals surface area contributed by atoms with Crippen LogP contribution in [-0.4, -0.2) is 98.7 Å². The zero-order valence-electron chi connectivity index (χ0n) is 29.9. The fourth-order valence-electron chi connectivity index (χ4n) is 13.2. The average Bonchev–Trinajstić information content (AvgIpc) is 3.59. The number of nitrogens with zero attached hydrogens (tertiary/aromatic N) is 1. The standard InChI is InChI=1S/C38H63NO7/c1-8-44-32(35(4,5)41)28-11-9-25-29(45-28)21-26-24-10-12-30-34(2,3)31(13-14-38(30)23-37(24,38)16-15-36(25,26)6)46-33(40)27-22-43-20-18-39(27)17-19-42-7/h24-32,41H,8-23H2,1-7H3. The lowest BCUT2D eigenvalue weighted by Crippen LogP contribution is -2.57. The number of carbonyl (C=O) groups excluding carboxylic acids is 1. The molecule has 7 rings (SSSR count). The van der Waals surface area contributed by atoms with Gasteiger partial charge in [-0.1, -0.05) is 20.8 Å². The van der Waals surface area contributed by atoms with Gasteiger partial charge in [0.15, 0.2) is 0 Å². The molecule has 7 aliphatic rings. The maximum atomic E-state index is 13.6. The lowest BCUT2D eigenvalue weighted by molar-refractivity contribution is -0.194. The van der Waals surface area contributed by atoms with Crippen molar-refractivity contribution in [2.24, 2.45) is 45.3 Å². The van der Waals surface area contributed by atoms with Crippen molar-refractivity contribution in [3.63, 3.8) is 0 Å². The molecule has 8 heteroatoms. The van der Waals surface area contributed by atoms with E-state index in [-0.39, 0.29) is 41.8 Å². The van der Waals surface area contributed by atoms with Crippen LogP contribution in [0.3, 0.4) is 0 Å². The van der Waals surface area contributed by atoms with Crippen molar-refractivity contribution in [2.45, 2.75) is 142 Å². The summed E-state index contributed by atoms with van der Waals surface area (Å²) in [6.07, 6.45) is 12.0. The van der Waals surface area contributed by atoms with Gasteiger partial charge in [-0.3, -0.25) is 9.69 Å². The summed E-state index contributed by atoms with van der Waals surface area (Å²) in [7, 11) is 1.71. The number of morpholine rings is 1. The van der Waals surface area contributed by atoms with Crippen molar-refractivity contribution >= 4 is 5.97 Å². The molecular formula is C38H63NO7. The average molecular weight is 646 g/mol. The molecule has 2 saturated heterocycles. The third-order valence-electron chi connectivity index (χ3n) is 15.3. The lowest BCUT2D eigenvalue weighted by atomic mass is 9.46. The second-order valence-electron chi connectivity index (χ2n) is 17.9. The van der Waals surface area contributed by atoms with E-state index in [0.717, 1.165) is 31.8 Å². The Bertz CT molecular complexity index is 1140. The van der Waals surface area contributed by atoms with Gasteiger partial charge in [0.25, 0.3) is 0 Å². The molecule has 8 nitrogen and oxygen atoms in total. The van der Waals surface area contributed by atoms with Crippen LogP contribution in [0, 0.1) is 45.3 Å². The molecule has 0 aromatic carbocycles. The molecular weight excluding hydrogens is 582 g/mol. The highest BCUT2D eigenvalue weighted by Gasteiger charge is 2.81. The van der Waals surface area contributed by atoms with Gasteiger partial charge in [-0.15, -0.1) is 0 Å². The second-order valence-corrected chi connectivity index (χ2v) is 17.9. The van der Waals surface area contributed by atoms with Gasteiger partial charge in [-0.05, 0) is 125 Å². The van der Waals surface area contributed by atoms with Crippen LogP contribution in [0.15, 0.2) is 0 Å². The van der Waals surface area contributed by atoms with E-state index in [1.165, 1.54) is 51.4 Å². The van der Waals surface area contributed by atoms with E-state index in [4.69, 9.17) is 23.7 Å². The maximum Gasteiger partial charge on any atom is 0.326 e. The Morgan fingerprint density at radius 2 is 1.80 bits per heavy atom. The molecule has 1 N–H and O–H groups in total. The summed E-state index contributed by atoms with van der Waals surface area (Å²) >= 11 is 0. The molecule has 2 aliphatic heterocycles. The van der Waals surface area contributed by atoms with Gasteiger partial charge in [-0.2, -0.15) is 0 Å². The summed E-state index contributed by atoms with van der Waals surface area (Å²) in [4.78, 5) is 15.8. The first-order chi connectivity index (χ1) is 21.8. The second kappa shape index (κ2) is 11.9. The molecule has 5 aliphatic carbocycles. The molecule has 2 heterocycles. The molecule has 46 heavy (non-hydrogen) atoms. The maximum absolute atomic E-state index is 13.6. The van der Waals surface area contributed by atoms with Crippen LogP contribution in [0.1, 0.15) is 106 Å². The summed E-state index contributed by atoms with van der Waals surface area (Å²) < 4.78 is 30.6. The Morgan fingerprint density at radius 3 is 2.54 bits per heavy atom. The van der Waals surface area contributed by atoms with E-state index >= 15 is 0 Å². The number of fused-ring (bicyclic) bond motifs is 4. The summed E-state index contributed by atoms with van der Waals surface area (Å²) in [6, 6.07) is -0.338. The number of ether oxygens (including phenoxy) is 5. The number of esters is 1. The van der Waals surface area contributed by atoms with Crippen LogP contribution in [0.25, 0.3) is 0 Å². The number of hydrogen-bond donors (Lipinski definition) is 1. The van der Waals surface area contributed by atoms with Crippen LogP contribution in [0.2, 0.25) is 0 Å². The Labute approximate surface area is 277 Å². The quantitative estimate of drug-likeness (QED) is 0.323. The van der Waals surface area contributed by atoms with Gasteiger partial charge in [0.05, 0.1) is 37.6 Å². The molecule has 0 bridgehead atoms. The van der Waals surface area contributed by atoms with Crippen molar-refractivity contribution in [3.8, 4) is 0 Å². The molecule has 5 saturated carbocycles. The SMILES string of the molecule is CCOC(C1CCC2C(CC3C4CCC5C(C)(C)C(OC(=O)C6COCCN6CCOC)CCC56CC46CCC23C)O1)C(C)(C)O. The number of rotatable bonds is 9. The number of methoxy groups -OCH3 is 1. The predicted molar refractivity (Wildman–Crippen MR) is 175 cm³/mol. The van der Waals surface area contributed by atoms with Crippen molar-refractivity contribution in [1.82, 2.24) is 4.90 Å². The summed E-state index contributed by atoms with van der Waals surface area (Å²) in [6.45, 7) is 16.9. The first-order valence-corrected chi connectivity index (χ1v) is 18.8. The fourth-order valence-corrected chi connectivity index (χ4v) is 13.2. The molecule has 0 aromatic rings. The van der Waals surface area contributed by atoms with E-state index in [0.29, 0.717) is 60.4 Å². The molecule has 262 valence electrons. The first-order valence-electron chi connectivity index (χ1n) is 18.8. The fraction of sp³-hybridized carbons (Fsp3) is 0.974. The number of carbonyl (C=O) groups is 1. The van der Waals surface area contributed by atoms with E-state index < -0.39 is 5.60 Å². The van der Waals surface area contributed by atoms with Crippen LogP contribution in [-0.2, 0) is 28.5 Å². The highest BCUT2D eigenvalue weighted by atomic mass is 16.6. The highest BCUT2D eigenvalue weighted by Crippen LogP contribution is 2.87. The van der Waals surface area contributed by atoms with Crippen molar-refractivity contribution < 1.29 is 33.6 Å². The zero-order chi connectivity index (χ0) is 32.7. The lowest BCUT2D eigenvalue weighted by Gasteiger charge is -2.59. The highest BCUT2D eigenvalue weighted by molar-refractivity contribution is 5.76. The zero-order valence-corrected chi connectivity index (χ0v) is 29.9. The third kappa shape index (κ3) is 5.08. The van der Waals surface area contributed by atoms with Crippen LogP contribution >= 0.6 is 0 Å². The van der Waals surface area contributed by atoms with Crippen LogP contribution < -0.4 is 0 Å². The monoisotopic (exact) mass is 645 g/mol. The van der Waals surface area contributed by atoms with Gasteiger partial charge < -0.3 is 28.8 Å². The summed E-state index contributed by atoms with van der Waals surface area (Å²) in [5, 5.41) is 10.9. The van der Waals surface area contributed by atoms with E-state index in [9.17, 15) is 9.90 Å². The van der Waals surface area contributed by atoms with Crippen molar-refractivity contribution in [1.29, 1.82) is 0 Å². The minimum Gasteiger partial charge on any atom is -0.461 e. The third-order valence-corrected chi connectivity index (χ3v) is 15.3. The predicted octanol–water partition coefficient (Wildman–Crippen LogP) is 5.63. The van der Waals surface area contributed by atoms with Gasteiger partial charge in [0, 0.05) is 32.2 Å². The minimum absolute atomic E-state index is 0.0343. The molecule has 0 radical (unpaired) electrons. The van der Waals surface area contributed by atoms with Gasteiger partial charge in [-0.25, -0.2) is 0 Å². The minimum atomic E-state index is -0.917. The molecule has 0 amide bonds. The van der Waals surface area contributed by atoms with E-state index in [2.05, 4.69) is 25.7 Å². The molecule has 7 fully saturated rings. The van der Waals surface area contributed by atoms with Gasteiger partial charge in [0.1, 0.15) is 18.2 Å². The molecule has 12 atom stereocenters. The molecule has 0 aromatic heterocycles. The molecule has 12 unspecified atom stereocenters. The van der Waals surface area contributed by atoms with Gasteiger partial charge in [0.2, 0.25) is 0 Å². The summed E-state index contributed by atoms with van der Waals surface area (Å²) in [5.41, 5.74) is 0.242. The van der Waals surface area contributed by atoms with Crippen LogP contribution in [0.4, 0.5) is 0 Å². The van der Waals surface area contributed by atoms with Crippen LogP contribution in [0.5, 0.6) is 0 Å². The normalized spacial score (nSPS) is 47.0. The Hall–Kier alpha value is -0.770.